The van der Waals surface area contributed by atoms with E-state index in [9.17, 15) is 4.79 Å². The fourth-order valence-electron chi connectivity index (χ4n) is 4.37. The van der Waals surface area contributed by atoms with Gasteiger partial charge in [-0.3, -0.25) is 9.69 Å². The average Bonchev–Trinajstić information content (AvgIpc) is 3.28. The van der Waals surface area contributed by atoms with Crippen LogP contribution in [0, 0.1) is 12.8 Å². The molecule has 2 saturated heterocycles. The van der Waals surface area contributed by atoms with Gasteiger partial charge in [-0.1, -0.05) is 30.3 Å². The van der Waals surface area contributed by atoms with Crippen molar-refractivity contribution in [3.05, 3.63) is 52.0 Å². The molecule has 2 aliphatic rings. The molecular weight excluding hydrogens is 427 g/mol. The van der Waals surface area contributed by atoms with E-state index in [-0.39, 0.29) is 42.7 Å². The highest BCUT2D eigenvalue weighted by Crippen LogP contribution is 2.29. The van der Waals surface area contributed by atoms with Gasteiger partial charge in [-0.25, -0.2) is 4.98 Å². The Morgan fingerprint density at radius 3 is 2.48 bits per heavy atom. The number of hydrogen-bond donors (Lipinski definition) is 1. The van der Waals surface area contributed by atoms with Crippen molar-refractivity contribution in [2.45, 2.75) is 38.3 Å². The Morgan fingerprint density at radius 1 is 1.17 bits per heavy atom. The van der Waals surface area contributed by atoms with Gasteiger partial charge in [-0.2, -0.15) is 0 Å². The van der Waals surface area contributed by atoms with E-state index in [1.54, 1.807) is 11.3 Å². The summed E-state index contributed by atoms with van der Waals surface area (Å²) in [5.74, 6) is 0.691. The van der Waals surface area contributed by atoms with Crippen LogP contribution in [0.15, 0.2) is 35.7 Å². The summed E-state index contributed by atoms with van der Waals surface area (Å²) < 4.78 is 0. The van der Waals surface area contributed by atoms with Gasteiger partial charge < -0.3 is 10.6 Å². The Bertz CT molecular complexity index is 780. The van der Waals surface area contributed by atoms with Crippen molar-refractivity contribution in [1.29, 1.82) is 0 Å². The number of nitrogens with two attached hydrogens (primary N) is 1. The van der Waals surface area contributed by atoms with E-state index in [1.165, 1.54) is 5.56 Å². The molecule has 2 aliphatic heterocycles. The molecule has 160 valence electrons. The van der Waals surface area contributed by atoms with Gasteiger partial charge in [-0.15, -0.1) is 36.2 Å². The molecule has 0 radical (unpaired) electrons. The zero-order valence-corrected chi connectivity index (χ0v) is 19.1. The number of nitrogens with zero attached hydrogens (tertiary/aromatic N) is 3. The van der Waals surface area contributed by atoms with Crippen molar-refractivity contribution in [1.82, 2.24) is 14.8 Å². The molecule has 0 aliphatic carbocycles. The van der Waals surface area contributed by atoms with E-state index in [0.717, 1.165) is 49.7 Å². The second kappa shape index (κ2) is 10.7. The number of carbonyl (C=O) groups excluding carboxylic acids is 1. The summed E-state index contributed by atoms with van der Waals surface area (Å²) in [5, 5.41) is 3.26. The third-order valence-electron chi connectivity index (χ3n) is 5.89. The minimum absolute atomic E-state index is 0. The van der Waals surface area contributed by atoms with Crippen LogP contribution < -0.4 is 5.73 Å². The molecular formula is C21H30Cl2N4OS. The first kappa shape index (κ1) is 24.1. The topological polar surface area (TPSA) is 62.5 Å². The average molecular weight is 457 g/mol. The third kappa shape index (κ3) is 5.70. The van der Waals surface area contributed by atoms with Gasteiger partial charge in [0.15, 0.2) is 0 Å². The molecule has 5 nitrogen and oxygen atoms in total. The Kier molecular flexibility index (Phi) is 8.91. The lowest BCUT2D eigenvalue weighted by molar-refractivity contribution is -0.136. The summed E-state index contributed by atoms with van der Waals surface area (Å²) in [6, 6.07) is 10.4. The standard InChI is InChI=1S/C21H28N4OS.2ClH/c1-15-23-18(14-27-15)11-24-9-7-17(8-10-24)21(26)25-12-19(20(22)13-25)16-5-3-2-4-6-16;;/h2-6,14,17,19-20H,7-13,22H2,1H3;2*1H/t19-,20+;;/m0../s1. The number of aromatic nitrogens is 1. The van der Waals surface area contributed by atoms with Gasteiger partial charge in [0.2, 0.25) is 5.91 Å². The fraction of sp³-hybridized carbons (Fsp3) is 0.524. The van der Waals surface area contributed by atoms with Crippen LogP contribution in [0.5, 0.6) is 0 Å². The first-order chi connectivity index (χ1) is 13.1. The number of rotatable bonds is 4. The summed E-state index contributed by atoms with van der Waals surface area (Å²) in [6.07, 6.45) is 1.87. The second-order valence-corrected chi connectivity index (χ2v) is 8.89. The zero-order valence-electron chi connectivity index (χ0n) is 16.7. The second-order valence-electron chi connectivity index (χ2n) is 7.83. The van der Waals surface area contributed by atoms with Crippen molar-refractivity contribution in [2.24, 2.45) is 11.7 Å². The normalized spacial score (nSPS) is 22.8. The van der Waals surface area contributed by atoms with Gasteiger partial charge in [0.25, 0.3) is 0 Å². The van der Waals surface area contributed by atoms with Gasteiger partial charge in [-0.05, 0) is 38.4 Å². The Hall–Kier alpha value is -1.18. The molecule has 2 atom stereocenters. The summed E-state index contributed by atoms with van der Waals surface area (Å²) >= 11 is 1.70. The van der Waals surface area contributed by atoms with Crippen molar-refractivity contribution >= 4 is 42.1 Å². The lowest BCUT2D eigenvalue weighted by Crippen LogP contribution is -2.42. The molecule has 1 aromatic carbocycles. The molecule has 0 bridgehead atoms. The molecule has 0 spiro atoms. The smallest absolute Gasteiger partial charge is 0.225 e. The Labute approximate surface area is 189 Å². The summed E-state index contributed by atoms with van der Waals surface area (Å²) in [7, 11) is 0. The van der Waals surface area contributed by atoms with Crippen LogP contribution in [0.1, 0.15) is 35.0 Å². The quantitative estimate of drug-likeness (QED) is 0.764. The maximum atomic E-state index is 13.0. The van der Waals surface area contributed by atoms with Crippen LogP contribution in [-0.2, 0) is 11.3 Å². The summed E-state index contributed by atoms with van der Waals surface area (Å²) in [6.45, 7) is 6.31. The molecule has 2 N–H and O–H groups in total. The summed E-state index contributed by atoms with van der Waals surface area (Å²) in [4.78, 5) is 22.0. The molecule has 1 amide bonds. The van der Waals surface area contributed by atoms with E-state index in [2.05, 4.69) is 27.4 Å². The monoisotopic (exact) mass is 456 g/mol. The largest absolute Gasteiger partial charge is 0.340 e. The third-order valence-corrected chi connectivity index (χ3v) is 6.72. The zero-order chi connectivity index (χ0) is 18.8. The number of carbonyl (C=O) groups is 1. The highest BCUT2D eigenvalue weighted by molar-refractivity contribution is 7.09. The van der Waals surface area contributed by atoms with Gasteiger partial charge in [0.1, 0.15) is 0 Å². The van der Waals surface area contributed by atoms with Gasteiger partial charge in [0.05, 0.1) is 10.7 Å². The highest BCUT2D eigenvalue weighted by Gasteiger charge is 2.37. The molecule has 4 rings (SSSR count). The van der Waals surface area contributed by atoms with Gasteiger partial charge >= 0.3 is 0 Å². The van der Waals surface area contributed by atoms with Crippen molar-refractivity contribution in [2.75, 3.05) is 26.2 Å². The number of benzene rings is 1. The number of piperidine rings is 1. The molecule has 2 aromatic rings. The minimum atomic E-state index is 0. The van der Waals surface area contributed by atoms with E-state index in [4.69, 9.17) is 5.73 Å². The minimum Gasteiger partial charge on any atom is -0.340 e. The predicted molar refractivity (Wildman–Crippen MR) is 123 cm³/mol. The number of amides is 1. The molecule has 3 heterocycles. The Balaban J connectivity index is 0.00000150. The molecule has 2 fully saturated rings. The van der Waals surface area contributed by atoms with Crippen molar-refractivity contribution in [3.8, 4) is 0 Å². The lowest BCUT2D eigenvalue weighted by atomic mass is 9.94. The number of hydrogen-bond acceptors (Lipinski definition) is 5. The maximum absolute atomic E-state index is 13.0. The Morgan fingerprint density at radius 2 is 1.86 bits per heavy atom. The first-order valence-corrected chi connectivity index (χ1v) is 10.7. The van der Waals surface area contributed by atoms with Crippen molar-refractivity contribution < 1.29 is 4.79 Å². The van der Waals surface area contributed by atoms with E-state index in [1.807, 2.05) is 30.0 Å². The molecule has 8 heteroatoms. The number of halogens is 2. The molecule has 0 unspecified atom stereocenters. The van der Waals surface area contributed by atoms with E-state index >= 15 is 0 Å². The first-order valence-electron chi connectivity index (χ1n) is 9.83. The number of aryl methyl sites for hydroxylation is 1. The summed E-state index contributed by atoms with van der Waals surface area (Å²) in [5.41, 5.74) is 8.77. The molecule has 1 aromatic heterocycles. The number of likely N-dealkylation sites (tertiary alicyclic amines) is 2. The van der Waals surface area contributed by atoms with Crippen LogP contribution in [0.25, 0.3) is 0 Å². The molecule has 29 heavy (non-hydrogen) atoms. The maximum Gasteiger partial charge on any atom is 0.225 e. The van der Waals surface area contributed by atoms with Crippen LogP contribution in [0.2, 0.25) is 0 Å². The van der Waals surface area contributed by atoms with E-state index < -0.39 is 0 Å². The fourth-order valence-corrected chi connectivity index (χ4v) is 4.97. The SMILES string of the molecule is Cc1nc(CN2CCC(C(=O)N3C[C@@H](N)[C@H](c4ccccc4)C3)CC2)cs1.Cl.Cl. The van der Waals surface area contributed by atoms with Crippen LogP contribution in [0.4, 0.5) is 0 Å². The predicted octanol–water partition coefficient (Wildman–Crippen LogP) is 3.46. The van der Waals surface area contributed by atoms with Crippen molar-refractivity contribution in [3.63, 3.8) is 0 Å². The number of thiazole rings is 1. The van der Waals surface area contributed by atoms with Crippen LogP contribution >= 0.6 is 36.2 Å². The molecule has 0 saturated carbocycles. The van der Waals surface area contributed by atoms with E-state index in [0.29, 0.717) is 12.5 Å². The van der Waals surface area contributed by atoms with Crippen LogP contribution in [0.3, 0.4) is 0 Å². The lowest BCUT2D eigenvalue weighted by Gasteiger charge is -2.32. The highest BCUT2D eigenvalue weighted by atomic mass is 35.5. The van der Waals surface area contributed by atoms with Crippen LogP contribution in [-0.4, -0.2) is 52.9 Å². The van der Waals surface area contributed by atoms with Gasteiger partial charge in [0, 0.05) is 42.9 Å².